The summed E-state index contributed by atoms with van der Waals surface area (Å²) in [5.74, 6) is -0.391. The number of halogens is 3. The molecule has 0 amide bonds. The number of H-pyrrole nitrogens is 1. The molecule has 2 N–H and O–H groups in total. The lowest BCUT2D eigenvalue weighted by molar-refractivity contribution is -0.137. The molecule has 0 saturated carbocycles. The largest absolute Gasteiger partial charge is 0.514 e. The van der Waals surface area contributed by atoms with Gasteiger partial charge in [-0.15, -0.1) is 0 Å². The fourth-order valence-electron chi connectivity index (χ4n) is 2.56. The summed E-state index contributed by atoms with van der Waals surface area (Å²) < 4.78 is 73.5. The molecule has 0 aliphatic heterocycles. The average Bonchev–Trinajstić information content (AvgIpc) is 3.11. The number of nitrogens with zero attached hydrogens (tertiary/aromatic N) is 3. The molecule has 2 heterocycles. The number of fused-ring (bicyclic) bond motifs is 1. The fourth-order valence-corrected chi connectivity index (χ4v) is 3.06. The molecule has 1 aromatic carbocycles. The Hall–Kier alpha value is -3.82. The van der Waals surface area contributed by atoms with Crippen molar-refractivity contribution in [2.75, 3.05) is 18.2 Å². The summed E-state index contributed by atoms with van der Waals surface area (Å²) in [7, 11) is -3.04. The second-order valence-electron chi connectivity index (χ2n) is 6.02. The van der Waals surface area contributed by atoms with E-state index >= 15 is 0 Å². The minimum atomic E-state index is -4.92. The molecule has 166 valence electrons. The smallest absolute Gasteiger partial charge is 0.437 e. The van der Waals surface area contributed by atoms with E-state index in [0.717, 1.165) is 30.3 Å². The highest BCUT2D eigenvalue weighted by Gasteiger charge is 2.35. The van der Waals surface area contributed by atoms with Crippen molar-refractivity contribution in [2.45, 2.75) is 6.18 Å². The molecule has 0 radical (unpaired) electrons. The number of sulfonamides is 1. The Morgan fingerprint density at radius 3 is 2.52 bits per heavy atom. The fraction of sp³-hybridized carbons (Fsp3) is 0.200. The molecule has 3 aromatic rings. The number of aromatic amines is 1. The molecule has 0 atom stereocenters. The summed E-state index contributed by atoms with van der Waals surface area (Å²) in [6.45, 7) is 0. The third-order valence-electron chi connectivity index (χ3n) is 3.77. The van der Waals surface area contributed by atoms with E-state index in [4.69, 9.17) is 0 Å². The maximum Gasteiger partial charge on any atom is 0.514 e. The number of benzene rings is 1. The van der Waals surface area contributed by atoms with Crippen molar-refractivity contribution >= 4 is 27.1 Å². The highest BCUT2D eigenvalue weighted by atomic mass is 32.2. The first kappa shape index (κ1) is 21.9. The van der Waals surface area contributed by atoms with E-state index in [1.165, 1.54) is 0 Å². The molecule has 0 aliphatic carbocycles. The van der Waals surface area contributed by atoms with Gasteiger partial charge >= 0.3 is 18.0 Å². The van der Waals surface area contributed by atoms with E-state index in [1.54, 1.807) is 4.83 Å². The van der Waals surface area contributed by atoms with Crippen LogP contribution < -0.4 is 20.8 Å². The van der Waals surface area contributed by atoms with Gasteiger partial charge in [0.25, 0.3) is 5.56 Å². The van der Waals surface area contributed by atoms with E-state index in [-0.39, 0.29) is 4.68 Å². The van der Waals surface area contributed by atoms with E-state index in [9.17, 15) is 36.0 Å². The van der Waals surface area contributed by atoms with Crippen molar-refractivity contribution in [3.05, 3.63) is 51.1 Å². The summed E-state index contributed by atoms with van der Waals surface area (Å²) >= 11 is 0. The normalized spacial score (nSPS) is 12.0. The van der Waals surface area contributed by atoms with Crippen LogP contribution in [0.5, 0.6) is 5.88 Å². The van der Waals surface area contributed by atoms with Gasteiger partial charge in [0.05, 0.1) is 41.7 Å². The monoisotopic (exact) mass is 463 g/mol. The van der Waals surface area contributed by atoms with Crippen LogP contribution in [0.15, 0.2) is 34.2 Å². The van der Waals surface area contributed by atoms with E-state index in [0.29, 0.717) is 12.3 Å². The van der Waals surface area contributed by atoms with Gasteiger partial charge in [-0.1, -0.05) is 0 Å². The van der Waals surface area contributed by atoms with Gasteiger partial charge in [0.1, 0.15) is 6.33 Å². The van der Waals surface area contributed by atoms with E-state index in [1.807, 2.05) is 4.98 Å². The summed E-state index contributed by atoms with van der Waals surface area (Å²) in [6, 6.07) is 1.29. The second-order valence-corrected chi connectivity index (χ2v) is 7.75. The van der Waals surface area contributed by atoms with Gasteiger partial charge in [-0.3, -0.25) is 4.79 Å². The van der Waals surface area contributed by atoms with Crippen LogP contribution in [-0.2, 0) is 20.9 Å². The molecule has 31 heavy (non-hydrogen) atoms. The Labute approximate surface area is 169 Å². The van der Waals surface area contributed by atoms with E-state index in [2.05, 4.69) is 14.5 Å². The molecule has 0 fully saturated rings. The van der Waals surface area contributed by atoms with Gasteiger partial charge in [0.15, 0.2) is 0 Å². The van der Waals surface area contributed by atoms with E-state index < -0.39 is 61.6 Å². The van der Waals surface area contributed by atoms with Gasteiger partial charge in [-0.05, 0) is 12.1 Å². The first-order valence-electron chi connectivity index (χ1n) is 7.98. The maximum absolute atomic E-state index is 13.6. The molecular weight excluding hydrogens is 451 g/mol. The number of carbonyl (C=O) groups is 1. The van der Waals surface area contributed by atoms with Crippen LogP contribution in [0.3, 0.4) is 0 Å². The average molecular weight is 463 g/mol. The molecule has 0 bridgehead atoms. The molecular formula is C15H12F3N5O7S. The van der Waals surface area contributed by atoms with Gasteiger partial charge in [-0.2, -0.15) is 17.8 Å². The standard InChI is InChI=1S/C15H12F3N5O7S/c1-29-14(26)30-11-5-22(6-19-11)10-3-7-9(4-8(10)15(16,17)18)20-13(25)23(12(7)24)21-31(2,27)28/h3-6,21H,1-2H3,(H,20,25). The minimum absolute atomic E-state index is 0.106. The number of hydrogen-bond acceptors (Lipinski definition) is 8. The summed E-state index contributed by atoms with van der Waals surface area (Å²) in [6.07, 6.45) is -3.60. The lowest BCUT2D eigenvalue weighted by Gasteiger charge is -2.15. The Balaban J connectivity index is 2.28. The zero-order valence-corrected chi connectivity index (χ0v) is 16.4. The van der Waals surface area contributed by atoms with Gasteiger partial charge in [-0.25, -0.2) is 27.8 Å². The number of ether oxygens (including phenoxy) is 2. The van der Waals surface area contributed by atoms with Crippen molar-refractivity contribution in [1.29, 1.82) is 0 Å². The van der Waals surface area contributed by atoms with Gasteiger partial charge in [0, 0.05) is 0 Å². The van der Waals surface area contributed by atoms with Crippen LogP contribution in [0.1, 0.15) is 5.56 Å². The third kappa shape index (κ3) is 4.52. The molecule has 2 aromatic heterocycles. The van der Waals surface area contributed by atoms with Crippen molar-refractivity contribution in [3.8, 4) is 11.6 Å². The first-order valence-corrected chi connectivity index (χ1v) is 9.87. The zero-order chi connectivity index (χ0) is 23.1. The number of methoxy groups -OCH3 is 1. The number of hydrogen-bond donors (Lipinski definition) is 2. The van der Waals surface area contributed by atoms with Crippen LogP contribution in [-0.4, -0.2) is 47.1 Å². The summed E-state index contributed by atoms with van der Waals surface area (Å²) in [5.41, 5.74) is -4.86. The zero-order valence-electron chi connectivity index (χ0n) is 15.6. The molecule has 0 spiro atoms. The molecule has 12 nitrogen and oxygen atoms in total. The molecule has 0 aliphatic rings. The number of aromatic nitrogens is 4. The van der Waals surface area contributed by atoms with Crippen molar-refractivity contribution in [3.63, 3.8) is 0 Å². The van der Waals surface area contributed by atoms with Crippen molar-refractivity contribution in [2.24, 2.45) is 0 Å². The van der Waals surface area contributed by atoms with Crippen LogP contribution in [0.25, 0.3) is 16.6 Å². The van der Waals surface area contributed by atoms with Crippen molar-refractivity contribution in [1.82, 2.24) is 19.2 Å². The van der Waals surface area contributed by atoms with Crippen LogP contribution >= 0.6 is 0 Å². The molecule has 3 rings (SSSR count). The molecule has 16 heteroatoms. The maximum atomic E-state index is 13.6. The lowest BCUT2D eigenvalue weighted by Crippen LogP contribution is -2.43. The van der Waals surface area contributed by atoms with Crippen LogP contribution in [0, 0.1) is 0 Å². The van der Waals surface area contributed by atoms with Gasteiger partial charge in [0.2, 0.25) is 15.9 Å². The Morgan fingerprint density at radius 2 is 1.94 bits per heavy atom. The quantitative estimate of drug-likeness (QED) is 0.532. The number of nitrogens with one attached hydrogen (secondary N) is 2. The number of alkyl halides is 3. The molecule has 0 unspecified atom stereocenters. The number of imidazole rings is 1. The van der Waals surface area contributed by atoms with Crippen LogP contribution in [0.2, 0.25) is 0 Å². The Bertz CT molecular complexity index is 1410. The predicted octanol–water partition coefficient (Wildman–Crippen LogP) is 0.543. The van der Waals surface area contributed by atoms with Crippen molar-refractivity contribution < 1.29 is 35.9 Å². The third-order valence-corrected chi connectivity index (χ3v) is 4.28. The number of rotatable bonds is 4. The summed E-state index contributed by atoms with van der Waals surface area (Å²) in [4.78, 5) is 43.1. The van der Waals surface area contributed by atoms with Gasteiger partial charge < -0.3 is 19.0 Å². The summed E-state index contributed by atoms with van der Waals surface area (Å²) in [5, 5.41) is -0.442. The SMILES string of the molecule is COC(=O)Oc1cn(-c2cc3c(=O)n(NS(C)(=O)=O)c(=O)[nH]c3cc2C(F)(F)F)cn1. The Kier molecular flexibility index (Phi) is 5.26. The minimum Gasteiger partial charge on any atom is -0.437 e. The topological polar surface area (TPSA) is 154 Å². The number of carbonyl (C=O) groups excluding carboxylic acids is 1. The predicted molar refractivity (Wildman–Crippen MR) is 98.2 cm³/mol. The highest BCUT2D eigenvalue weighted by Crippen LogP contribution is 2.35. The highest BCUT2D eigenvalue weighted by molar-refractivity contribution is 7.91. The second kappa shape index (κ2) is 7.46. The first-order chi connectivity index (χ1) is 14.3. The molecule has 0 saturated heterocycles. The lowest BCUT2D eigenvalue weighted by atomic mass is 10.1. The Morgan fingerprint density at radius 1 is 1.26 bits per heavy atom. The van der Waals surface area contributed by atoms with Crippen LogP contribution in [0.4, 0.5) is 18.0 Å².